The van der Waals surface area contributed by atoms with Gasteiger partial charge in [0, 0.05) is 24.5 Å². The quantitative estimate of drug-likeness (QED) is 0.810. The van der Waals surface area contributed by atoms with Crippen molar-refractivity contribution in [1.82, 2.24) is 24.5 Å². The third-order valence-electron chi connectivity index (χ3n) is 3.65. The number of amides is 1. The first kappa shape index (κ1) is 14.3. The Morgan fingerprint density at radius 3 is 2.71 bits per heavy atom. The molecule has 0 aromatic carbocycles. The predicted molar refractivity (Wildman–Crippen MR) is 81.4 cm³/mol. The van der Waals surface area contributed by atoms with Crippen LogP contribution in [0.1, 0.15) is 31.2 Å². The minimum absolute atomic E-state index is 0.165. The zero-order chi connectivity index (χ0) is 15.0. The van der Waals surface area contributed by atoms with Gasteiger partial charge < -0.3 is 4.90 Å². The first-order chi connectivity index (χ1) is 10.0. The number of carbonyl (C=O) groups excluding carboxylic acids is 1. The van der Waals surface area contributed by atoms with Crippen molar-refractivity contribution in [3.8, 4) is 0 Å². The van der Waals surface area contributed by atoms with E-state index in [4.69, 9.17) is 0 Å². The summed E-state index contributed by atoms with van der Waals surface area (Å²) in [5, 5.41) is 4.88. The summed E-state index contributed by atoms with van der Waals surface area (Å²) in [4.78, 5) is 23.0. The lowest BCUT2D eigenvalue weighted by atomic mass is 10.4. The highest BCUT2D eigenvalue weighted by molar-refractivity contribution is 8.00. The number of nitrogens with zero attached hydrogens (tertiary/aromatic N) is 5. The molecule has 1 unspecified atom stereocenters. The van der Waals surface area contributed by atoms with E-state index >= 15 is 0 Å². The molecule has 0 bridgehead atoms. The highest BCUT2D eigenvalue weighted by Crippen LogP contribution is 2.23. The standard InChI is InChI=1S/C14H19N5OS/c1-9-8-10(2)19-13(15-9)16-14(17-19)21-11(3)12(20)18-6-4-5-7-18/h8,11H,4-7H2,1-3H3. The molecule has 3 rings (SSSR count). The molecule has 0 aliphatic carbocycles. The molecule has 21 heavy (non-hydrogen) atoms. The molecule has 3 heterocycles. The summed E-state index contributed by atoms with van der Waals surface area (Å²) < 4.78 is 1.72. The highest BCUT2D eigenvalue weighted by atomic mass is 32.2. The second-order valence-electron chi connectivity index (χ2n) is 5.44. The largest absolute Gasteiger partial charge is 0.342 e. The van der Waals surface area contributed by atoms with Crippen LogP contribution >= 0.6 is 11.8 Å². The van der Waals surface area contributed by atoms with Crippen LogP contribution in [0.4, 0.5) is 0 Å². The Bertz CT molecular complexity index is 677. The number of aromatic nitrogens is 4. The first-order valence-electron chi connectivity index (χ1n) is 7.21. The van der Waals surface area contributed by atoms with Gasteiger partial charge in [0.1, 0.15) is 0 Å². The summed E-state index contributed by atoms with van der Waals surface area (Å²) in [6.07, 6.45) is 2.22. The molecule has 7 heteroatoms. The van der Waals surface area contributed by atoms with Crippen LogP contribution in [-0.2, 0) is 4.79 Å². The van der Waals surface area contributed by atoms with E-state index in [1.54, 1.807) is 4.52 Å². The van der Waals surface area contributed by atoms with Gasteiger partial charge in [-0.05, 0) is 39.7 Å². The second-order valence-corrected chi connectivity index (χ2v) is 6.75. The van der Waals surface area contributed by atoms with Crippen molar-refractivity contribution in [3.05, 3.63) is 17.5 Å². The van der Waals surface area contributed by atoms with E-state index in [1.165, 1.54) is 11.8 Å². The average Bonchev–Trinajstić information content (AvgIpc) is 3.06. The fourth-order valence-corrected chi connectivity index (χ4v) is 3.43. The maximum absolute atomic E-state index is 12.3. The van der Waals surface area contributed by atoms with Crippen molar-refractivity contribution in [1.29, 1.82) is 0 Å². The number of thioether (sulfide) groups is 1. The molecule has 112 valence electrons. The van der Waals surface area contributed by atoms with E-state index in [0.29, 0.717) is 10.9 Å². The highest BCUT2D eigenvalue weighted by Gasteiger charge is 2.25. The molecular formula is C14H19N5OS. The van der Waals surface area contributed by atoms with Gasteiger partial charge in [0.05, 0.1) is 5.25 Å². The van der Waals surface area contributed by atoms with Gasteiger partial charge in [-0.1, -0.05) is 11.8 Å². The zero-order valence-electron chi connectivity index (χ0n) is 12.5. The van der Waals surface area contributed by atoms with Crippen LogP contribution < -0.4 is 0 Å². The van der Waals surface area contributed by atoms with Gasteiger partial charge in [0.15, 0.2) is 0 Å². The topological polar surface area (TPSA) is 63.4 Å². The number of rotatable bonds is 3. The van der Waals surface area contributed by atoms with E-state index < -0.39 is 0 Å². The maximum atomic E-state index is 12.3. The van der Waals surface area contributed by atoms with E-state index in [9.17, 15) is 4.79 Å². The fraction of sp³-hybridized carbons (Fsp3) is 0.571. The maximum Gasteiger partial charge on any atom is 0.253 e. The lowest BCUT2D eigenvalue weighted by Gasteiger charge is -2.18. The lowest BCUT2D eigenvalue weighted by molar-refractivity contribution is -0.129. The third-order valence-corrected chi connectivity index (χ3v) is 4.59. The van der Waals surface area contributed by atoms with Gasteiger partial charge in [-0.25, -0.2) is 9.50 Å². The number of likely N-dealkylation sites (tertiary alicyclic amines) is 1. The Kier molecular flexibility index (Phi) is 3.84. The lowest BCUT2D eigenvalue weighted by Crippen LogP contribution is -2.34. The molecule has 2 aromatic heterocycles. The summed E-state index contributed by atoms with van der Waals surface area (Å²) in [5.74, 6) is 0.771. The number of aryl methyl sites for hydroxylation is 2. The molecule has 0 N–H and O–H groups in total. The normalized spacial score (nSPS) is 16.6. The van der Waals surface area contributed by atoms with Crippen molar-refractivity contribution < 1.29 is 4.79 Å². The molecule has 2 aromatic rings. The van der Waals surface area contributed by atoms with E-state index in [0.717, 1.165) is 37.3 Å². The van der Waals surface area contributed by atoms with Gasteiger partial charge in [-0.15, -0.1) is 5.10 Å². The van der Waals surface area contributed by atoms with E-state index in [2.05, 4.69) is 15.1 Å². The molecule has 0 radical (unpaired) electrons. The first-order valence-corrected chi connectivity index (χ1v) is 8.09. The fourth-order valence-electron chi connectivity index (χ4n) is 2.60. The smallest absolute Gasteiger partial charge is 0.253 e. The van der Waals surface area contributed by atoms with Crippen LogP contribution in [0.5, 0.6) is 0 Å². The summed E-state index contributed by atoms with van der Waals surface area (Å²) in [5.41, 5.74) is 1.92. The van der Waals surface area contributed by atoms with Gasteiger partial charge in [-0.3, -0.25) is 4.79 Å². The minimum Gasteiger partial charge on any atom is -0.342 e. The summed E-state index contributed by atoms with van der Waals surface area (Å²) in [6.45, 7) is 7.59. The summed E-state index contributed by atoms with van der Waals surface area (Å²) in [7, 11) is 0. The molecule has 1 amide bonds. The predicted octanol–water partition coefficient (Wildman–Crippen LogP) is 1.84. The van der Waals surface area contributed by atoms with Gasteiger partial charge in [0.2, 0.25) is 11.1 Å². The van der Waals surface area contributed by atoms with Crippen LogP contribution in [0.25, 0.3) is 5.78 Å². The molecule has 1 saturated heterocycles. The number of carbonyl (C=O) groups is 1. The third kappa shape index (κ3) is 2.88. The number of hydrogen-bond acceptors (Lipinski definition) is 5. The number of fused-ring (bicyclic) bond motifs is 1. The molecule has 1 aliphatic heterocycles. The molecular weight excluding hydrogens is 286 g/mol. The van der Waals surface area contributed by atoms with E-state index in [-0.39, 0.29) is 11.2 Å². The monoisotopic (exact) mass is 305 g/mol. The van der Waals surface area contributed by atoms with Crippen LogP contribution in [0, 0.1) is 13.8 Å². The molecule has 0 spiro atoms. The zero-order valence-corrected chi connectivity index (χ0v) is 13.4. The van der Waals surface area contributed by atoms with Crippen molar-refractivity contribution in [3.63, 3.8) is 0 Å². The SMILES string of the molecule is Cc1cc(C)n2nc(SC(C)C(=O)N3CCCC3)nc2n1. The average molecular weight is 305 g/mol. The van der Waals surface area contributed by atoms with Gasteiger partial charge >= 0.3 is 0 Å². The molecule has 0 saturated carbocycles. The van der Waals surface area contributed by atoms with Crippen LogP contribution in [0.15, 0.2) is 11.2 Å². The van der Waals surface area contributed by atoms with Crippen molar-refractivity contribution in [2.75, 3.05) is 13.1 Å². The Balaban J connectivity index is 1.78. The minimum atomic E-state index is -0.165. The Morgan fingerprint density at radius 1 is 1.29 bits per heavy atom. The van der Waals surface area contributed by atoms with Gasteiger partial charge in [-0.2, -0.15) is 4.98 Å². The van der Waals surface area contributed by atoms with Crippen LogP contribution in [0.2, 0.25) is 0 Å². The van der Waals surface area contributed by atoms with Crippen molar-refractivity contribution >= 4 is 23.4 Å². The second kappa shape index (κ2) is 5.63. The Labute approximate surface area is 128 Å². The number of hydrogen-bond donors (Lipinski definition) is 0. The van der Waals surface area contributed by atoms with Crippen molar-refractivity contribution in [2.45, 2.75) is 44.0 Å². The molecule has 1 fully saturated rings. The summed E-state index contributed by atoms with van der Waals surface area (Å²) in [6, 6.07) is 1.97. The van der Waals surface area contributed by atoms with Crippen molar-refractivity contribution in [2.24, 2.45) is 0 Å². The summed E-state index contributed by atoms with van der Waals surface area (Å²) >= 11 is 1.40. The molecule has 6 nitrogen and oxygen atoms in total. The van der Waals surface area contributed by atoms with E-state index in [1.807, 2.05) is 31.7 Å². The molecule has 1 aliphatic rings. The molecule has 1 atom stereocenters. The van der Waals surface area contributed by atoms with Crippen LogP contribution in [-0.4, -0.2) is 48.7 Å². The Hall–Kier alpha value is -1.63. The van der Waals surface area contributed by atoms with Crippen LogP contribution in [0.3, 0.4) is 0 Å². The van der Waals surface area contributed by atoms with Gasteiger partial charge in [0.25, 0.3) is 5.78 Å². The Morgan fingerprint density at radius 2 is 2.00 bits per heavy atom.